The van der Waals surface area contributed by atoms with Gasteiger partial charge in [-0.2, -0.15) is 0 Å². The number of carbonyl (C=O) groups is 1. The van der Waals surface area contributed by atoms with Crippen molar-refractivity contribution < 1.29 is 9.21 Å². The van der Waals surface area contributed by atoms with Crippen LogP contribution >= 0.6 is 23.1 Å². The van der Waals surface area contributed by atoms with Gasteiger partial charge < -0.3 is 15.1 Å². The van der Waals surface area contributed by atoms with E-state index < -0.39 is 0 Å². The first-order valence-corrected chi connectivity index (χ1v) is 9.97. The zero-order valence-corrected chi connectivity index (χ0v) is 15.3. The van der Waals surface area contributed by atoms with Gasteiger partial charge in [-0.1, -0.05) is 42.4 Å². The van der Waals surface area contributed by atoms with Crippen molar-refractivity contribution in [1.82, 2.24) is 15.5 Å². The van der Waals surface area contributed by atoms with Crippen LogP contribution in [0.25, 0.3) is 0 Å². The van der Waals surface area contributed by atoms with E-state index >= 15 is 0 Å². The molecule has 0 aliphatic heterocycles. The highest BCUT2D eigenvalue weighted by Crippen LogP contribution is 2.30. The SMILES string of the molecule is C[C@H](Sc1nnc(NC2CCCCC2)s1)C(=O)NCc1ccco1. The van der Waals surface area contributed by atoms with Crippen molar-refractivity contribution in [2.45, 2.75) is 61.2 Å². The van der Waals surface area contributed by atoms with Crippen LogP contribution in [0.3, 0.4) is 0 Å². The van der Waals surface area contributed by atoms with Gasteiger partial charge in [-0.05, 0) is 31.9 Å². The standard InChI is InChI=1S/C16H22N4O2S2/c1-11(14(21)17-10-13-8-5-9-22-13)23-16-20-19-15(24-16)18-12-6-3-2-4-7-12/h5,8-9,11-12H,2-4,6-7,10H2,1H3,(H,17,21)(H,18,19)/t11-/m0/s1. The lowest BCUT2D eigenvalue weighted by atomic mass is 9.96. The second kappa shape index (κ2) is 8.53. The fraction of sp³-hybridized carbons (Fsp3) is 0.562. The topological polar surface area (TPSA) is 80.0 Å². The van der Waals surface area contributed by atoms with Gasteiger partial charge >= 0.3 is 0 Å². The third-order valence-corrected chi connectivity index (χ3v) is 6.04. The lowest BCUT2D eigenvalue weighted by molar-refractivity contribution is -0.120. The Hall–Kier alpha value is -1.54. The maximum absolute atomic E-state index is 12.1. The maximum atomic E-state index is 12.1. The number of thioether (sulfide) groups is 1. The van der Waals surface area contributed by atoms with Crippen LogP contribution in [0.4, 0.5) is 5.13 Å². The zero-order chi connectivity index (χ0) is 16.8. The van der Waals surface area contributed by atoms with Crippen LogP contribution in [0.2, 0.25) is 0 Å². The minimum Gasteiger partial charge on any atom is -0.467 e. The van der Waals surface area contributed by atoms with E-state index in [4.69, 9.17) is 4.42 Å². The number of hydrogen-bond acceptors (Lipinski definition) is 7. The molecule has 130 valence electrons. The van der Waals surface area contributed by atoms with Crippen LogP contribution in [0.1, 0.15) is 44.8 Å². The Morgan fingerprint density at radius 1 is 1.42 bits per heavy atom. The molecule has 0 spiro atoms. The largest absolute Gasteiger partial charge is 0.467 e. The summed E-state index contributed by atoms with van der Waals surface area (Å²) in [4.78, 5) is 12.1. The minimum atomic E-state index is -0.226. The molecule has 2 aromatic heterocycles. The number of nitrogens with one attached hydrogen (secondary N) is 2. The molecule has 1 saturated carbocycles. The fourth-order valence-corrected chi connectivity index (χ4v) is 4.67. The number of furan rings is 1. The summed E-state index contributed by atoms with van der Waals surface area (Å²) in [5, 5.41) is 15.3. The van der Waals surface area contributed by atoms with Gasteiger partial charge in [0, 0.05) is 6.04 Å². The molecule has 1 aliphatic carbocycles. The Bertz CT molecular complexity index is 638. The number of aromatic nitrogens is 2. The van der Waals surface area contributed by atoms with E-state index in [1.54, 1.807) is 6.26 Å². The molecule has 6 nitrogen and oxygen atoms in total. The van der Waals surface area contributed by atoms with Crippen LogP contribution in [0, 0.1) is 0 Å². The normalized spacial score (nSPS) is 16.7. The third kappa shape index (κ3) is 4.98. The van der Waals surface area contributed by atoms with Gasteiger partial charge in [-0.3, -0.25) is 4.79 Å². The van der Waals surface area contributed by atoms with Crippen LogP contribution in [-0.2, 0) is 11.3 Å². The molecule has 1 aliphatic rings. The number of carbonyl (C=O) groups excluding carboxylic acids is 1. The predicted octanol–water partition coefficient (Wildman–Crippen LogP) is 3.67. The van der Waals surface area contributed by atoms with Crippen molar-refractivity contribution in [2.75, 3.05) is 5.32 Å². The number of hydrogen-bond donors (Lipinski definition) is 2. The lowest BCUT2D eigenvalue weighted by Crippen LogP contribution is -2.30. The average molecular weight is 367 g/mol. The van der Waals surface area contributed by atoms with Crippen LogP contribution < -0.4 is 10.6 Å². The lowest BCUT2D eigenvalue weighted by Gasteiger charge is -2.21. The Balaban J connectivity index is 1.45. The highest BCUT2D eigenvalue weighted by Gasteiger charge is 2.19. The first-order valence-electron chi connectivity index (χ1n) is 8.27. The van der Waals surface area contributed by atoms with Crippen LogP contribution in [0.15, 0.2) is 27.2 Å². The van der Waals surface area contributed by atoms with E-state index in [0.717, 1.165) is 15.2 Å². The molecule has 2 heterocycles. The zero-order valence-electron chi connectivity index (χ0n) is 13.7. The Labute approximate surface area is 149 Å². The number of anilines is 1. The monoisotopic (exact) mass is 366 g/mol. The van der Waals surface area contributed by atoms with E-state index in [1.807, 2.05) is 19.1 Å². The van der Waals surface area contributed by atoms with Crippen molar-refractivity contribution in [3.8, 4) is 0 Å². The summed E-state index contributed by atoms with van der Waals surface area (Å²) < 4.78 is 6.02. The van der Waals surface area contributed by atoms with Gasteiger partial charge in [0.05, 0.1) is 18.1 Å². The van der Waals surface area contributed by atoms with E-state index in [1.165, 1.54) is 55.2 Å². The summed E-state index contributed by atoms with van der Waals surface area (Å²) in [6, 6.07) is 4.16. The van der Waals surface area contributed by atoms with Gasteiger partial charge in [0.15, 0.2) is 4.34 Å². The van der Waals surface area contributed by atoms with Gasteiger partial charge in [0.1, 0.15) is 5.76 Å². The molecule has 3 rings (SSSR count). The smallest absolute Gasteiger partial charge is 0.233 e. The van der Waals surface area contributed by atoms with E-state index in [-0.39, 0.29) is 11.2 Å². The van der Waals surface area contributed by atoms with E-state index in [2.05, 4.69) is 20.8 Å². The molecular weight excluding hydrogens is 344 g/mol. The second-order valence-electron chi connectivity index (χ2n) is 5.91. The fourth-order valence-electron chi connectivity index (χ4n) is 2.67. The van der Waals surface area contributed by atoms with Gasteiger partial charge in [-0.25, -0.2) is 0 Å². The maximum Gasteiger partial charge on any atom is 0.233 e. The molecule has 2 N–H and O–H groups in total. The van der Waals surface area contributed by atoms with Gasteiger partial charge in [0.2, 0.25) is 11.0 Å². The summed E-state index contributed by atoms with van der Waals surface area (Å²) in [7, 11) is 0. The molecular formula is C16H22N4O2S2. The number of rotatable bonds is 7. The highest BCUT2D eigenvalue weighted by atomic mass is 32.2. The molecule has 0 unspecified atom stereocenters. The van der Waals surface area contributed by atoms with E-state index in [0.29, 0.717) is 12.6 Å². The average Bonchev–Trinajstić information content (AvgIpc) is 3.25. The van der Waals surface area contributed by atoms with Gasteiger partial charge in [-0.15, -0.1) is 10.2 Å². The molecule has 24 heavy (non-hydrogen) atoms. The summed E-state index contributed by atoms with van der Waals surface area (Å²) in [5.41, 5.74) is 0. The molecule has 1 atom stereocenters. The quantitative estimate of drug-likeness (QED) is 0.728. The summed E-state index contributed by atoms with van der Waals surface area (Å²) in [6.45, 7) is 2.28. The Morgan fingerprint density at radius 2 is 2.25 bits per heavy atom. The first-order chi connectivity index (χ1) is 11.7. The molecule has 0 aromatic carbocycles. The van der Waals surface area contributed by atoms with Crippen molar-refractivity contribution in [2.24, 2.45) is 0 Å². The van der Waals surface area contributed by atoms with Gasteiger partial charge in [0.25, 0.3) is 0 Å². The predicted molar refractivity (Wildman–Crippen MR) is 96.3 cm³/mol. The highest BCUT2D eigenvalue weighted by molar-refractivity contribution is 8.02. The first kappa shape index (κ1) is 17.3. The molecule has 8 heteroatoms. The van der Waals surface area contributed by atoms with Crippen molar-refractivity contribution in [3.05, 3.63) is 24.2 Å². The molecule has 0 bridgehead atoms. The summed E-state index contributed by atoms with van der Waals surface area (Å²) in [5.74, 6) is 0.712. The van der Waals surface area contributed by atoms with Crippen molar-refractivity contribution in [3.63, 3.8) is 0 Å². The minimum absolute atomic E-state index is 0.0339. The molecule has 2 aromatic rings. The van der Waals surface area contributed by atoms with Crippen LogP contribution in [0.5, 0.6) is 0 Å². The molecule has 0 radical (unpaired) electrons. The van der Waals surface area contributed by atoms with Crippen LogP contribution in [-0.4, -0.2) is 27.4 Å². The summed E-state index contributed by atoms with van der Waals surface area (Å²) >= 11 is 2.95. The summed E-state index contributed by atoms with van der Waals surface area (Å²) in [6.07, 6.45) is 7.90. The molecule has 0 saturated heterocycles. The van der Waals surface area contributed by atoms with Crippen molar-refractivity contribution >= 4 is 34.1 Å². The Kier molecular flexibility index (Phi) is 6.14. The molecule has 1 fully saturated rings. The Morgan fingerprint density at radius 3 is 3.00 bits per heavy atom. The van der Waals surface area contributed by atoms with Crippen molar-refractivity contribution in [1.29, 1.82) is 0 Å². The molecule has 1 amide bonds. The third-order valence-electron chi connectivity index (χ3n) is 4.00. The second-order valence-corrected chi connectivity index (χ2v) is 8.48. The number of amides is 1. The van der Waals surface area contributed by atoms with E-state index in [9.17, 15) is 4.79 Å². The number of nitrogens with zero attached hydrogens (tertiary/aromatic N) is 2.